The molecular formula is C17H15Cl6N3. The summed E-state index contributed by atoms with van der Waals surface area (Å²) in [6, 6.07) is 8.19. The first-order valence-corrected chi connectivity index (χ1v) is 10.0. The van der Waals surface area contributed by atoms with Crippen molar-refractivity contribution in [2.45, 2.75) is 33.8 Å². The highest BCUT2D eigenvalue weighted by Gasteiger charge is 2.33. The lowest BCUT2D eigenvalue weighted by Gasteiger charge is -2.14. The Hall–Kier alpha value is -0.290. The van der Waals surface area contributed by atoms with Crippen LogP contribution >= 0.6 is 69.6 Å². The number of aryl methyl sites for hydroxylation is 1. The molecule has 1 aromatic carbocycles. The van der Waals surface area contributed by atoms with Crippen molar-refractivity contribution in [3.8, 4) is 0 Å². The summed E-state index contributed by atoms with van der Waals surface area (Å²) in [5.41, 5.74) is 2.26. The van der Waals surface area contributed by atoms with E-state index in [1.807, 2.05) is 18.2 Å². The number of rotatable bonds is 5. The summed E-state index contributed by atoms with van der Waals surface area (Å²) in [4.78, 5) is 12.1. The maximum Gasteiger partial charge on any atom is 0.250 e. The van der Waals surface area contributed by atoms with E-state index in [2.05, 4.69) is 34.0 Å². The van der Waals surface area contributed by atoms with Crippen LogP contribution in [-0.2, 0) is 14.0 Å². The summed E-state index contributed by atoms with van der Waals surface area (Å²) in [7, 11) is 0. The third kappa shape index (κ3) is 6.70. The Morgan fingerprint density at radius 3 is 1.81 bits per heavy atom. The van der Waals surface area contributed by atoms with Gasteiger partial charge in [0, 0.05) is 0 Å². The molecule has 0 saturated heterocycles. The van der Waals surface area contributed by atoms with Gasteiger partial charge >= 0.3 is 0 Å². The van der Waals surface area contributed by atoms with E-state index >= 15 is 0 Å². The lowest BCUT2D eigenvalue weighted by atomic mass is 10.1. The molecule has 0 N–H and O–H groups in total. The number of hydrogen-bond donors (Lipinski definition) is 0. The van der Waals surface area contributed by atoms with Crippen LogP contribution in [0.2, 0.25) is 0 Å². The molecule has 1 aromatic heterocycles. The highest BCUT2D eigenvalue weighted by Crippen LogP contribution is 2.39. The number of aromatic nitrogens is 3. The highest BCUT2D eigenvalue weighted by molar-refractivity contribution is 6.67. The van der Waals surface area contributed by atoms with Crippen molar-refractivity contribution in [3.05, 3.63) is 52.9 Å². The first-order valence-electron chi connectivity index (χ1n) is 7.77. The van der Waals surface area contributed by atoms with Gasteiger partial charge in [0.15, 0.2) is 17.5 Å². The molecule has 9 heteroatoms. The van der Waals surface area contributed by atoms with Gasteiger partial charge in [-0.1, -0.05) is 113 Å². The standard InChI is InChI=1S/C17H15Cl6N3/c1-2-3-4-11-5-7-12(8-6-11)9-10-13-24-14(16(18,19)20)26-15(25-13)17(21,22)23/h5-10H,2-4H2,1H3. The first kappa shape index (κ1) is 22.0. The molecule has 0 aliphatic rings. The molecule has 3 nitrogen and oxygen atoms in total. The Morgan fingerprint density at radius 2 is 1.35 bits per heavy atom. The van der Waals surface area contributed by atoms with Crippen molar-refractivity contribution in [2.75, 3.05) is 0 Å². The Morgan fingerprint density at radius 1 is 0.808 bits per heavy atom. The van der Waals surface area contributed by atoms with Crippen LogP contribution in [-0.4, -0.2) is 15.0 Å². The van der Waals surface area contributed by atoms with Crippen molar-refractivity contribution in [2.24, 2.45) is 0 Å². The molecule has 26 heavy (non-hydrogen) atoms. The molecule has 0 bridgehead atoms. The second-order valence-electron chi connectivity index (χ2n) is 5.51. The van der Waals surface area contributed by atoms with Crippen molar-refractivity contribution >= 4 is 81.8 Å². The molecule has 0 amide bonds. The zero-order valence-corrected chi connectivity index (χ0v) is 18.2. The van der Waals surface area contributed by atoms with E-state index in [4.69, 9.17) is 69.6 Å². The van der Waals surface area contributed by atoms with Gasteiger partial charge < -0.3 is 0 Å². The molecule has 2 rings (SSSR count). The van der Waals surface area contributed by atoms with E-state index < -0.39 is 7.59 Å². The second-order valence-corrected chi connectivity index (χ2v) is 10.1. The van der Waals surface area contributed by atoms with Gasteiger partial charge in [0.25, 0.3) is 0 Å². The number of nitrogens with zero attached hydrogens (tertiary/aromatic N) is 3. The predicted molar refractivity (Wildman–Crippen MR) is 112 cm³/mol. The molecule has 2 aromatic rings. The summed E-state index contributed by atoms with van der Waals surface area (Å²) in [5.74, 6) is -0.0144. The van der Waals surface area contributed by atoms with Gasteiger partial charge in [-0.05, 0) is 30.0 Å². The fraction of sp³-hybridized carbons (Fsp3) is 0.353. The largest absolute Gasteiger partial charge is 0.250 e. The summed E-state index contributed by atoms with van der Waals surface area (Å²) >= 11 is 35.1. The van der Waals surface area contributed by atoms with E-state index in [0.717, 1.165) is 18.4 Å². The number of unbranched alkanes of at least 4 members (excludes halogenated alkanes) is 1. The lowest BCUT2D eigenvalue weighted by Crippen LogP contribution is -2.16. The predicted octanol–water partition coefficient (Wildman–Crippen LogP) is 7.04. The average molecular weight is 474 g/mol. The Bertz CT molecular complexity index is 731. The van der Waals surface area contributed by atoms with Gasteiger partial charge in [-0.2, -0.15) is 0 Å². The maximum absolute atomic E-state index is 5.85. The number of benzene rings is 1. The van der Waals surface area contributed by atoms with Crippen molar-refractivity contribution in [3.63, 3.8) is 0 Å². The fourth-order valence-corrected chi connectivity index (χ4v) is 2.57. The van der Waals surface area contributed by atoms with Gasteiger partial charge in [0.1, 0.15) is 0 Å². The van der Waals surface area contributed by atoms with Crippen LogP contribution in [0.15, 0.2) is 24.3 Å². The second kappa shape index (κ2) is 9.27. The van der Waals surface area contributed by atoms with Gasteiger partial charge in [0.2, 0.25) is 7.59 Å². The number of alkyl halides is 6. The minimum absolute atomic E-state index is 0.117. The van der Waals surface area contributed by atoms with Crippen LogP contribution in [0.3, 0.4) is 0 Å². The van der Waals surface area contributed by atoms with Crippen LogP contribution in [0.1, 0.15) is 48.4 Å². The Kier molecular flexibility index (Phi) is 7.85. The monoisotopic (exact) mass is 471 g/mol. The number of hydrogen-bond acceptors (Lipinski definition) is 3. The molecule has 140 valence electrons. The van der Waals surface area contributed by atoms with E-state index in [9.17, 15) is 0 Å². The average Bonchev–Trinajstić information content (AvgIpc) is 2.57. The molecule has 1 heterocycles. The third-order valence-electron chi connectivity index (χ3n) is 3.38. The minimum atomic E-state index is -1.86. The van der Waals surface area contributed by atoms with Gasteiger partial charge in [0.05, 0.1) is 0 Å². The first-order chi connectivity index (χ1) is 12.1. The SMILES string of the molecule is CCCCc1ccc(C=Cc2nc(C(Cl)(Cl)Cl)nc(C(Cl)(Cl)Cl)n2)cc1. The lowest BCUT2D eigenvalue weighted by molar-refractivity contribution is 0.795. The van der Waals surface area contributed by atoms with Crippen molar-refractivity contribution < 1.29 is 0 Å². The summed E-state index contributed by atoms with van der Waals surface area (Å²) in [6.45, 7) is 2.17. The normalized spacial score (nSPS) is 12.7. The van der Waals surface area contributed by atoms with Gasteiger partial charge in [-0.3, -0.25) is 0 Å². The topological polar surface area (TPSA) is 38.7 Å². The molecule has 0 unspecified atom stereocenters. The third-order valence-corrected chi connectivity index (χ3v) is 4.40. The molecular weight excluding hydrogens is 459 g/mol. The Balaban J connectivity index is 2.28. The molecule has 0 spiro atoms. The maximum atomic E-state index is 5.85. The highest BCUT2D eigenvalue weighted by atomic mass is 35.6. The zero-order valence-electron chi connectivity index (χ0n) is 13.7. The molecule has 0 atom stereocenters. The van der Waals surface area contributed by atoms with Crippen LogP contribution in [0.5, 0.6) is 0 Å². The van der Waals surface area contributed by atoms with Crippen LogP contribution < -0.4 is 0 Å². The number of halogens is 6. The van der Waals surface area contributed by atoms with Crippen LogP contribution in [0.4, 0.5) is 0 Å². The minimum Gasteiger partial charge on any atom is -0.209 e. The molecule has 0 radical (unpaired) electrons. The summed E-state index contributed by atoms with van der Waals surface area (Å²) in [6.07, 6.45) is 6.86. The Labute approximate surface area is 182 Å². The van der Waals surface area contributed by atoms with Crippen LogP contribution in [0.25, 0.3) is 12.2 Å². The smallest absolute Gasteiger partial charge is 0.209 e. The quantitative estimate of drug-likeness (QED) is 0.437. The van der Waals surface area contributed by atoms with E-state index in [1.165, 1.54) is 12.0 Å². The zero-order chi connectivity index (χ0) is 19.4. The fourth-order valence-electron chi connectivity index (χ4n) is 2.07. The van der Waals surface area contributed by atoms with Crippen molar-refractivity contribution in [1.82, 2.24) is 15.0 Å². The molecule has 0 saturated carbocycles. The summed E-state index contributed by atoms with van der Waals surface area (Å²) in [5, 5.41) is 0. The van der Waals surface area contributed by atoms with E-state index in [1.54, 1.807) is 6.08 Å². The van der Waals surface area contributed by atoms with Gasteiger partial charge in [-0.15, -0.1) is 0 Å². The summed E-state index contributed by atoms with van der Waals surface area (Å²) < 4.78 is -3.73. The van der Waals surface area contributed by atoms with Crippen molar-refractivity contribution in [1.29, 1.82) is 0 Å². The van der Waals surface area contributed by atoms with E-state index in [0.29, 0.717) is 0 Å². The molecule has 0 fully saturated rings. The van der Waals surface area contributed by atoms with Gasteiger partial charge in [-0.25, -0.2) is 15.0 Å². The van der Waals surface area contributed by atoms with E-state index in [-0.39, 0.29) is 17.5 Å². The van der Waals surface area contributed by atoms with Crippen LogP contribution in [0, 0.1) is 0 Å². The molecule has 0 aliphatic heterocycles. The molecule has 0 aliphatic carbocycles.